The van der Waals surface area contributed by atoms with Crippen LogP contribution in [0.4, 0.5) is 0 Å². The van der Waals surface area contributed by atoms with Crippen LogP contribution in [0.15, 0.2) is 33.7 Å². The van der Waals surface area contributed by atoms with Crippen molar-refractivity contribution in [2.75, 3.05) is 0 Å². The highest BCUT2D eigenvalue weighted by molar-refractivity contribution is 5.98. The maximum Gasteiger partial charge on any atom is 0.266 e. The molecule has 0 bridgehead atoms. The zero-order valence-corrected chi connectivity index (χ0v) is 9.97. The molecule has 1 aliphatic carbocycles. The van der Waals surface area contributed by atoms with Crippen molar-refractivity contribution in [3.05, 3.63) is 57.4 Å². The number of carbonyl (C=O) groups is 1. The first-order chi connectivity index (χ1) is 9.19. The molecule has 0 radical (unpaired) electrons. The molecule has 19 heavy (non-hydrogen) atoms. The number of H-pyrrole nitrogens is 1. The lowest BCUT2D eigenvalue weighted by molar-refractivity contribution is 0.0959. The SMILES string of the molecule is N#Cc1cc2c([nH]c1=O)CC(c1ccco1)CC2=O. The summed E-state index contributed by atoms with van der Waals surface area (Å²) in [7, 11) is 0. The van der Waals surface area contributed by atoms with Gasteiger partial charge in [0, 0.05) is 23.6 Å². The number of fused-ring (bicyclic) bond motifs is 1. The molecule has 0 saturated carbocycles. The van der Waals surface area contributed by atoms with E-state index in [1.165, 1.54) is 6.07 Å². The second kappa shape index (κ2) is 4.25. The maximum atomic E-state index is 12.1. The number of hydrogen-bond donors (Lipinski definition) is 1. The third kappa shape index (κ3) is 1.87. The Hall–Kier alpha value is -2.61. The van der Waals surface area contributed by atoms with Crippen LogP contribution < -0.4 is 5.56 Å². The molecule has 1 aliphatic rings. The van der Waals surface area contributed by atoms with Crippen LogP contribution in [-0.2, 0) is 6.42 Å². The summed E-state index contributed by atoms with van der Waals surface area (Å²) in [4.78, 5) is 26.3. The minimum absolute atomic E-state index is 0.0245. The Morgan fingerprint density at radius 1 is 1.37 bits per heavy atom. The van der Waals surface area contributed by atoms with Gasteiger partial charge in [-0.05, 0) is 24.6 Å². The molecule has 2 aromatic rings. The number of aromatic nitrogens is 1. The second-order valence-corrected chi connectivity index (χ2v) is 4.56. The predicted molar refractivity (Wildman–Crippen MR) is 65.9 cm³/mol. The van der Waals surface area contributed by atoms with Crippen molar-refractivity contribution >= 4 is 5.78 Å². The van der Waals surface area contributed by atoms with Gasteiger partial charge in [-0.25, -0.2) is 0 Å². The molecule has 5 heteroatoms. The Morgan fingerprint density at radius 3 is 2.89 bits per heavy atom. The highest BCUT2D eigenvalue weighted by atomic mass is 16.3. The van der Waals surface area contributed by atoms with Crippen LogP contribution in [0, 0.1) is 11.3 Å². The summed E-state index contributed by atoms with van der Waals surface area (Å²) in [5, 5.41) is 8.81. The number of Topliss-reactive ketones (excluding diaryl/α,β-unsaturated/α-hetero) is 1. The van der Waals surface area contributed by atoms with Crippen molar-refractivity contribution in [1.82, 2.24) is 4.98 Å². The van der Waals surface area contributed by atoms with Gasteiger partial charge < -0.3 is 9.40 Å². The van der Waals surface area contributed by atoms with Crippen molar-refractivity contribution in [3.63, 3.8) is 0 Å². The predicted octanol–water partition coefficient (Wildman–Crippen LogP) is 1.75. The lowest BCUT2D eigenvalue weighted by Crippen LogP contribution is -2.24. The lowest BCUT2D eigenvalue weighted by Gasteiger charge is -2.21. The third-order valence-corrected chi connectivity index (χ3v) is 3.37. The minimum Gasteiger partial charge on any atom is -0.469 e. The van der Waals surface area contributed by atoms with Gasteiger partial charge in [0.25, 0.3) is 5.56 Å². The molecule has 1 atom stereocenters. The summed E-state index contributed by atoms with van der Waals surface area (Å²) in [6.07, 6.45) is 2.43. The van der Waals surface area contributed by atoms with Crippen molar-refractivity contribution in [3.8, 4) is 6.07 Å². The molecular weight excluding hydrogens is 244 g/mol. The zero-order valence-electron chi connectivity index (χ0n) is 9.97. The standard InChI is InChI=1S/C14H10N2O3/c15-7-9-4-10-11(16-14(9)18)5-8(6-12(10)17)13-2-1-3-19-13/h1-4,8H,5-6H2,(H,16,18). The summed E-state index contributed by atoms with van der Waals surface area (Å²) in [5.41, 5.74) is 0.554. The van der Waals surface area contributed by atoms with Gasteiger partial charge in [-0.3, -0.25) is 9.59 Å². The Morgan fingerprint density at radius 2 is 2.21 bits per heavy atom. The summed E-state index contributed by atoms with van der Waals surface area (Å²) in [6.45, 7) is 0. The topological polar surface area (TPSA) is 86.9 Å². The lowest BCUT2D eigenvalue weighted by atomic mass is 9.84. The number of aromatic amines is 1. The number of nitriles is 1. The molecule has 5 nitrogen and oxygen atoms in total. The molecule has 94 valence electrons. The molecule has 0 amide bonds. The Labute approximate surface area is 108 Å². The van der Waals surface area contributed by atoms with Crippen LogP contribution in [0.2, 0.25) is 0 Å². The van der Waals surface area contributed by atoms with Crippen LogP contribution in [0.25, 0.3) is 0 Å². The molecule has 0 aromatic carbocycles. The highest BCUT2D eigenvalue weighted by Gasteiger charge is 2.29. The quantitative estimate of drug-likeness (QED) is 0.839. The van der Waals surface area contributed by atoms with E-state index in [0.717, 1.165) is 5.76 Å². The third-order valence-electron chi connectivity index (χ3n) is 3.37. The molecule has 3 rings (SSSR count). The number of nitrogens with one attached hydrogen (secondary N) is 1. The molecule has 2 aromatic heterocycles. The van der Waals surface area contributed by atoms with Crippen LogP contribution in [0.5, 0.6) is 0 Å². The van der Waals surface area contributed by atoms with Crippen LogP contribution in [0.3, 0.4) is 0 Å². The Bertz CT molecular complexity index is 735. The second-order valence-electron chi connectivity index (χ2n) is 4.56. The molecule has 0 aliphatic heterocycles. The van der Waals surface area contributed by atoms with Gasteiger partial charge in [0.05, 0.1) is 6.26 Å². The van der Waals surface area contributed by atoms with E-state index in [9.17, 15) is 9.59 Å². The molecule has 1 N–H and O–H groups in total. The summed E-state index contributed by atoms with van der Waals surface area (Å²) < 4.78 is 5.31. The van der Waals surface area contributed by atoms with Gasteiger partial charge in [0.15, 0.2) is 5.78 Å². The van der Waals surface area contributed by atoms with Gasteiger partial charge in [0.1, 0.15) is 17.4 Å². The van der Waals surface area contributed by atoms with Gasteiger partial charge >= 0.3 is 0 Å². The zero-order chi connectivity index (χ0) is 13.4. The van der Waals surface area contributed by atoms with Gasteiger partial charge in [0.2, 0.25) is 0 Å². The highest BCUT2D eigenvalue weighted by Crippen LogP contribution is 2.31. The largest absolute Gasteiger partial charge is 0.469 e. The number of hydrogen-bond acceptors (Lipinski definition) is 4. The number of furan rings is 1. The molecule has 2 heterocycles. The van der Waals surface area contributed by atoms with E-state index >= 15 is 0 Å². The molecule has 0 spiro atoms. The average Bonchev–Trinajstić information content (AvgIpc) is 2.91. The van der Waals surface area contributed by atoms with E-state index in [2.05, 4.69) is 4.98 Å². The summed E-state index contributed by atoms with van der Waals surface area (Å²) >= 11 is 0. The Kier molecular flexibility index (Phi) is 2.57. The average molecular weight is 254 g/mol. The maximum absolute atomic E-state index is 12.1. The van der Waals surface area contributed by atoms with Crippen LogP contribution in [-0.4, -0.2) is 10.8 Å². The van der Waals surface area contributed by atoms with E-state index in [-0.39, 0.29) is 17.3 Å². The number of ketones is 1. The first-order valence-corrected chi connectivity index (χ1v) is 5.92. The first kappa shape index (κ1) is 11.5. The van der Waals surface area contributed by atoms with Crippen LogP contribution in [0.1, 0.15) is 39.7 Å². The van der Waals surface area contributed by atoms with Gasteiger partial charge in [-0.1, -0.05) is 0 Å². The van der Waals surface area contributed by atoms with Crippen molar-refractivity contribution < 1.29 is 9.21 Å². The van der Waals surface area contributed by atoms with Gasteiger partial charge in [-0.2, -0.15) is 5.26 Å². The molecular formula is C14H10N2O3. The van der Waals surface area contributed by atoms with Crippen molar-refractivity contribution in [1.29, 1.82) is 5.26 Å². The van der Waals surface area contributed by atoms with Crippen molar-refractivity contribution in [2.45, 2.75) is 18.8 Å². The number of pyridine rings is 1. The van der Waals surface area contributed by atoms with E-state index in [1.54, 1.807) is 18.4 Å². The monoisotopic (exact) mass is 254 g/mol. The van der Waals surface area contributed by atoms with Crippen LogP contribution >= 0.6 is 0 Å². The van der Waals surface area contributed by atoms with E-state index in [0.29, 0.717) is 24.1 Å². The van der Waals surface area contributed by atoms with Crippen molar-refractivity contribution in [2.24, 2.45) is 0 Å². The minimum atomic E-state index is -0.450. The van der Waals surface area contributed by atoms with E-state index < -0.39 is 5.56 Å². The molecule has 0 saturated heterocycles. The van der Waals surface area contributed by atoms with Gasteiger partial charge in [-0.15, -0.1) is 0 Å². The first-order valence-electron chi connectivity index (χ1n) is 5.92. The number of rotatable bonds is 1. The summed E-state index contributed by atoms with van der Waals surface area (Å²) in [6, 6.07) is 6.77. The number of carbonyl (C=O) groups excluding carboxylic acids is 1. The van der Waals surface area contributed by atoms with E-state index in [4.69, 9.17) is 9.68 Å². The smallest absolute Gasteiger partial charge is 0.266 e. The Balaban J connectivity index is 2.06. The molecule has 1 unspecified atom stereocenters. The molecule has 0 fully saturated rings. The fourth-order valence-corrected chi connectivity index (χ4v) is 2.44. The fraction of sp³-hybridized carbons (Fsp3) is 0.214. The normalized spacial score (nSPS) is 17.8. The van der Waals surface area contributed by atoms with E-state index in [1.807, 2.05) is 6.07 Å². The number of nitrogens with zero attached hydrogens (tertiary/aromatic N) is 1. The fourth-order valence-electron chi connectivity index (χ4n) is 2.44. The summed E-state index contributed by atoms with van der Waals surface area (Å²) in [5.74, 6) is 0.609.